The van der Waals surface area contributed by atoms with Crippen molar-refractivity contribution in [3.63, 3.8) is 0 Å². The molecule has 0 radical (unpaired) electrons. The van der Waals surface area contributed by atoms with Crippen LogP contribution < -0.4 is 10.1 Å². The van der Waals surface area contributed by atoms with E-state index >= 15 is 0 Å². The normalized spacial score (nSPS) is 24.4. The number of nitrogens with zero attached hydrogens (tertiary/aromatic N) is 3. The summed E-state index contributed by atoms with van der Waals surface area (Å²) >= 11 is 0. The van der Waals surface area contributed by atoms with Crippen LogP contribution in [0.4, 0.5) is 0 Å². The molecular weight excluding hydrogens is 276 g/mol. The zero-order chi connectivity index (χ0) is 15.7. The molecule has 1 unspecified atom stereocenters. The van der Waals surface area contributed by atoms with Gasteiger partial charge in [0.05, 0.1) is 24.3 Å². The molecule has 1 aromatic heterocycles. The minimum Gasteiger partial charge on any atom is -0.480 e. The van der Waals surface area contributed by atoms with E-state index < -0.39 is 0 Å². The van der Waals surface area contributed by atoms with Crippen molar-refractivity contribution in [3.05, 3.63) is 30.0 Å². The SMILES string of the molecule is COc1cnc2ccc(C(C)N3C[C@H](C)NC[C@H]3C)cc2n1. The van der Waals surface area contributed by atoms with Gasteiger partial charge in [-0.3, -0.25) is 4.90 Å². The number of hydrogen-bond acceptors (Lipinski definition) is 5. The number of nitrogens with one attached hydrogen (secondary N) is 1. The summed E-state index contributed by atoms with van der Waals surface area (Å²) in [6.07, 6.45) is 1.66. The Kier molecular flexibility index (Phi) is 4.27. The number of ether oxygens (including phenoxy) is 1. The lowest BCUT2D eigenvalue weighted by atomic mass is 10.0. The van der Waals surface area contributed by atoms with Crippen molar-refractivity contribution in [2.75, 3.05) is 20.2 Å². The van der Waals surface area contributed by atoms with Crippen molar-refractivity contribution in [2.24, 2.45) is 0 Å². The number of fused-ring (bicyclic) bond motifs is 1. The van der Waals surface area contributed by atoms with E-state index in [0.29, 0.717) is 24.0 Å². The van der Waals surface area contributed by atoms with Crippen LogP contribution in [0.15, 0.2) is 24.4 Å². The largest absolute Gasteiger partial charge is 0.480 e. The molecule has 0 aliphatic carbocycles. The highest BCUT2D eigenvalue weighted by Crippen LogP contribution is 2.26. The lowest BCUT2D eigenvalue weighted by Crippen LogP contribution is -2.54. The smallest absolute Gasteiger partial charge is 0.232 e. The van der Waals surface area contributed by atoms with Gasteiger partial charge in [-0.05, 0) is 38.5 Å². The molecule has 0 saturated carbocycles. The fourth-order valence-corrected chi connectivity index (χ4v) is 3.15. The third-order valence-electron chi connectivity index (χ3n) is 4.55. The van der Waals surface area contributed by atoms with Gasteiger partial charge in [-0.15, -0.1) is 0 Å². The first-order valence-electron chi connectivity index (χ1n) is 7.88. The Morgan fingerprint density at radius 3 is 2.91 bits per heavy atom. The van der Waals surface area contributed by atoms with E-state index in [1.54, 1.807) is 13.3 Å². The molecule has 5 nitrogen and oxygen atoms in total. The summed E-state index contributed by atoms with van der Waals surface area (Å²) in [4.78, 5) is 11.4. The number of rotatable bonds is 3. The quantitative estimate of drug-likeness (QED) is 0.943. The summed E-state index contributed by atoms with van der Waals surface area (Å²) in [6, 6.07) is 7.75. The van der Waals surface area contributed by atoms with Crippen LogP contribution in [0.3, 0.4) is 0 Å². The highest BCUT2D eigenvalue weighted by Gasteiger charge is 2.27. The molecule has 118 valence electrons. The summed E-state index contributed by atoms with van der Waals surface area (Å²) in [6.45, 7) is 8.88. The second-order valence-corrected chi connectivity index (χ2v) is 6.19. The second kappa shape index (κ2) is 6.18. The molecule has 2 heterocycles. The number of piperazine rings is 1. The molecule has 3 rings (SSSR count). The van der Waals surface area contributed by atoms with Gasteiger partial charge < -0.3 is 10.1 Å². The lowest BCUT2D eigenvalue weighted by Gasteiger charge is -2.41. The van der Waals surface area contributed by atoms with Crippen LogP contribution in [0.2, 0.25) is 0 Å². The number of benzene rings is 1. The predicted octanol–water partition coefficient (Wildman–Crippen LogP) is 2.38. The fraction of sp³-hybridized carbons (Fsp3) is 0.529. The van der Waals surface area contributed by atoms with Gasteiger partial charge in [0, 0.05) is 31.2 Å². The molecule has 5 heteroatoms. The van der Waals surface area contributed by atoms with E-state index in [2.05, 4.69) is 53.1 Å². The van der Waals surface area contributed by atoms with Gasteiger partial charge in [-0.25, -0.2) is 9.97 Å². The Bertz CT molecular complexity index is 660. The van der Waals surface area contributed by atoms with Crippen molar-refractivity contribution in [1.29, 1.82) is 0 Å². The Labute approximate surface area is 131 Å². The predicted molar refractivity (Wildman–Crippen MR) is 88.1 cm³/mol. The van der Waals surface area contributed by atoms with Crippen LogP contribution in [0.5, 0.6) is 5.88 Å². The maximum absolute atomic E-state index is 5.18. The van der Waals surface area contributed by atoms with E-state index in [-0.39, 0.29) is 0 Å². The molecule has 1 fully saturated rings. The van der Waals surface area contributed by atoms with Crippen LogP contribution in [0, 0.1) is 0 Å². The zero-order valence-electron chi connectivity index (χ0n) is 13.7. The molecule has 2 aromatic rings. The summed E-state index contributed by atoms with van der Waals surface area (Å²) in [5, 5.41) is 3.53. The first-order chi connectivity index (χ1) is 10.6. The number of aromatic nitrogens is 2. The van der Waals surface area contributed by atoms with Crippen LogP contribution in [0.25, 0.3) is 11.0 Å². The topological polar surface area (TPSA) is 50.3 Å². The Hall–Kier alpha value is -1.72. The highest BCUT2D eigenvalue weighted by atomic mass is 16.5. The summed E-state index contributed by atoms with van der Waals surface area (Å²) in [7, 11) is 1.62. The second-order valence-electron chi connectivity index (χ2n) is 6.19. The summed E-state index contributed by atoms with van der Waals surface area (Å²) in [5.41, 5.74) is 3.06. The lowest BCUT2D eigenvalue weighted by molar-refractivity contribution is 0.103. The molecule has 1 aromatic carbocycles. The first kappa shape index (κ1) is 15.2. The van der Waals surface area contributed by atoms with Crippen LogP contribution in [0.1, 0.15) is 32.4 Å². The van der Waals surface area contributed by atoms with Crippen molar-refractivity contribution in [3.8, 4) is 5.88 Å². The number of methoxy groups -OCH3 is 1. The zero-order valence-corrected chi connectivity index (χ0v) is 13.7. The van der Waals surface area contributed by atoms with Gasteiger partial charge in [0.15, 0.2) is 0 Å². The Morgan fingerprint density at radius 2 is 2.14 bits per heavy atom. The molecule has 1 aliphatic rings. The molecule has 1 saturated heterocycles. The van der Waals surface area contributed by atoms with Crippen molar-refractivity contribution >= 4 is 11.0 Å². The van der Waals surface area contributed by atoms with Crippen LogP contribution in [-0.4, -0.2) is 47.2 Å². The molecule has 1 N–H and O–H groups in total. The average molecular weight is 300 g/mol. The maximum Gasteiger partial charge on any atom is 0.232 e. The molecule has 1 aliphatic heterocycles. The third kappa shape index (κ3) is 2.91. The maximum atomic E-state index is 5.18. The van der Waals surface area contributed by atoms with Crippen LogP contribution in [-0.2, 0) is 0 Å². The summed E-state index contributed by atoms with van der Waals surface area (Å²) in [5.74, 6) is 0.557. The molecular formula is C17H24N4O. The van der Waals surface area contributed by atoms with Crippen molar-refractivity contribution in [2.45, 2.75) is 38.9 Å². The van der Waals surface area contributed by atoms with Gasteiger partial charge in [0.2, 0.25) is 5.88 Å². The monoisotopic (exact) mass is 300 g/mol. The molecule has 0 spiro atoms. The first-order valence-corrected chi connectivity index (χ1v) is 7.88. The van der Waals surface area contributed by atoms with Gasteiger partial charge >= 0.3 is 0 Å². The van der Waals surface area contributed by atoms with E-state index in [9.17, 15) is 0 Å². The molecule has 3 atom stereocenters. The molecule has 0 amide bonds. The third-order valence-corrected chi connectivity index (χ3v) is 4.55. The number of hydrogen-bond donors (Lipinski definition) is 1. The van der Waals surface area contributed by atoms with Gasteiger partial charge in [-0.2, -0.15) is 0 Å². The van der Waals surface area contributed by atoms with E-state index in [0.717, 1.165) is 24.1 Å². The van der Waals surface area contributed by atoms with Gasteiger partial charge in [-0.1, -0.05) is 6.07 Å². The summed E-state index contributed by atoms with van der Waals surface area (Å²) < 4.78 is 5.18. The Balaban J connectivity index is 1.91. The molecule has 0 bridgehead atoms. The van der Waals surface area contributed by atoms with Gasteiger partial charge in [0.1, 0.15) is 0 Å². The average Bonchev–Trinajstić information content (AvgIpc) is 2.55. The van der Waals surface area contributed by atoms with Crippen LogP contribution >= 0.6 is 0 Å². The van der Waals surface area contributed by atoms with E-state index in [4.69, 9.17) is 4.74 Å². The van der Waals surface area contributed by atoms with Crippen molar-refractivity contribution in [1.82, 2.24) is 20.2 Å². The van der Waals surface area contributed by atoms with E-state index in [1.807, 2.05) is 6.07 Å². The Morgan fingerprint density at radius 1 is 1.32 bits per heavy atom. The standard InChI is InChI=1S/C17H24N4O/c1-11-10-21(12(2)8-18-11)13(3)14-5-6-15-16(7-14)20-17(22-4)9-19-15/h5-7,9,11-13,18H,8,10H2,1-4H3/t11-,12+,13?/m0/s1. The highest BCUT2D eigenvalue weighted by molar-refractivity contribution is 5.75. The minimum atomic E-state index is 0.358. The molecule has 22 heavy (non-hydrogen) atoms. The minimum absolute atomic E-state index is 0.358. The van der Waals surface area contributed by atoms with Gasteiger partial charge in [0.25, 0.3) is 0 Å². The fourth-order valence-electron chi connectivity index (χ4n) is 3.15. The van der Waals surface area contributed by atoms with Crippen molar-refractivity contribution < 1.29 is 4.74 Å². The van der Waals surface area contributed by atoms with E-state index in [1.165, 1.54) is 5.56 Å².